The van der Waals surface area contributed by atoms with Gasteiger partial charge in [0.05, 0.1) is 5.69 Å². The predicted molar refractivity (Wildman–Crippen MR) is 105 cm³/mol. The van der Waals surface area contributed by atoms with Gasteiger partial charge in [-0.2, -0.15) is 0 Å². The maximum Gasteiger partial charge on any atom is 0.321 e. The molecule has 1 saturated heterocycles. The van der Waals surface area contributed by atoms with Gasteiger partial charge in [-0.3, -0.25) is 9.69 Å². The normalized spacial score (nSPS) is 18.7. The van der Waals surface area contributed by atoms with Crippen LogP contribution in [0.4, 0.5) is 16.2 Å². The maximum absolute atomic E-state index is 12.9. The Morgan fingerprint density at radius 3 is 2.59 bits per heavy atom. The van der Waals surface area contributed by atoms with E-state index in [2.05, 4.69) is 16.0 Å². The van der Waals surface area contributed by atoms with E-state index in [4.69, 9.17) is 0 Å². The van der Waals surface area contributed by atoms with E-state index in [0.29, 0.717) is 31.9 Å². The average molecular weight is 394 g/mol. The fourth-order valence-electron chi connectivity index (χ4n) is 3.76. The third-order valence-electron chi connectivity index (χ3n) is 5.35. The van der Waals surface area contributed by atoms with Gasteiger partial charge in [0.25, 0.3) is 0 Å². The smallest absolute Gasteiger partial charge is 0.321 e. The molecule has 0 spiro atoms. The number of urea groups is 1. The summed E-state index contributed by atoms with van der Waals surface area (Å²) >= 11 is 0. The molecule has 0 unspecified atom stereocenters. The average Bonchev–Trinajstić information content (AvgIpc) is 3.05. The van der Waals surface area contributed by atoms with Gasteiger partial charge in [0.1, 0.15) is 0 Å². The molecule has 0 aromatic heterocycles. The number of sulfone groups is 1. The summed E-state index contributed by atoms with van der Waals surface area (Å²) in [5.41, 5.74) is 2.27. The van der Waals surface area contributed by atoms with Gasteiger partial charge in [0, 0.05) is 25.0 Å². The molecule has 0 bridgehead atoms. The second-order valence-corrected chi connectivity index (χ2v) is 9.38. The van der Waals surface area contributed by atoms with Crippen molar-refractivity contribution in [2.45, 2.75) is 30.9 Å². The summed E-state index contributed by atoms with van der Waals surface area (Å²) in [4.78, 5) is 26.8. The van der Waals surface area contributed by atoms with Crippen molar-refractivity contribution in [2.75, 3.05) is 42.7 Å². The Labute approximate surface area is 159 Å². The van der Waals surface area contributed by atoms with Gasteiger partial charge in [-0.1, -0.05) is 6.07 Å². The highest BCUT2D eigenvalue weighted by Crippen LogP contribution is 2.33. The van der Waals surface area contributed by atoms with Crippen molar-refractivity contribution < 1.29 is 18.0 Å². The van der Waals surface area contributed by atoms with Crippen LogP contribution in [0.2, 0.25) is 0 Å². The molecule has 2 heterocycles. The number of hydrogen-bond acceptors (Lipinski definition) is 5. The molecule has 1 fully saturated rings. The highest BCUT2D eigenvalue weighted by molar-refractivity contribution is 7.92. The van der Waals surface area contributed by atoms with Gasteiger partial charge in [-0.15, -0.1) is 0 Å². The van der Waals surface area contributed by atoms with Gasteiger partial charge in [-0.05, 0) is 57.0 Å². The predicted octanol–water partition coefficient (Wildman–Crippen LogP) is 0.884. The lowest BCUT2D eigenvalue weighted by molar-refractivity contribution is -0.119. The lowest BCUT2D eigenvalue weighted by atomic mass is 9.95. The van der Waals surface area contributed by atoms with Crippen LogP contribution in [0.5, 0.6) is 0 Å². The van der Waals surface area contributed by atoms with Crippen LogP contribution in [-0.4, -0.2) is 57.5 Å². The standard InChI is InChI=1S/C18H26N4O4S/c1-3-20-17(24)22-11-6-13-4-5-14(12-15(13)22)21-16(23)18(27(2,25)26)7-9-19-10-8-18/h4-5,12,19H,3,6-11H2,1-2H3,(H,20,24)(H,21,23). The van der Waals surface area contributed by atoms with Crippen LogP contribution in [0, 0.1) is 0 Å². The zero-order valence-electron chi connectivity index (χ0n) is 15.7. The van der Waals surface area contributed by atoms with Gasteiger partial charge in [0.2, 0.25) is 5.91 Å². The molecule has 3 amide bonds. The first kappa shape index (κ1) is 19.6. The summed E-state index contributed by atoms with van der Waals surface area (Å²) in [6, 6.07) is 5.20. The Balaban J connectivity index is 1.85. The number of nitrogens with one attached hydrogen (secondary N) is 3. The number of benzene rings is 1. The van der Waals surface area contributed by atoms with Crippen LogP contribution in [0.1, 0.15) is 25.3 Å². The van der Waals surface area contributed by atoms with Crippen molar-refractivity contribution in [1.82, 2.24) is 10.6 Å². The zero-order chi connectivity index (χ0) is 19.7. The van der Waals surface area contributed by atoms with Crippen molar-refractivity contribution in [3.8, 4) is 0 Å². The van der Waals surface area contributed by atoms with Gasteiger partial charge in [-0.25, -0.2) is 13.2 Å². The Morgan fingerprint density at radius 1 is 1.26 bits per heavy atom. The number of fused-ring (bicyclic) bond motifs is 1. The number of nitrogens with zero attached hydrogens (tertiary/aromatic N) is 1. The lowest BCUT2D eigenvalue weighted by Gasteiger charge is -2.34. The largest absolute Gasteiger partial charge is 0.338 e. The number of anilines is 2. The van der Waals surface area contributed by atoms with Crippen LogP contribution in [0.3, 0.4) is 0 Å². The summed E-state index contributed by atoms with van der Waals surface area (Å²) in [5.74, 6) is -0.506. The molecule has 148 valence electrons. The third-order valence-corrected chi connectivity index (χ3v) is 7.36. The molecule has 0 aliphatic carbocycles. The molecule has 27 heavy (non-hydrogen) atoms. The maximum atomic E-state index is 12.9. The zero-order valence-corrected chi connectivity index (χ0v) is 16.5. The number of carbonyl (C=O) groups is 2. The Morgan fingerprint density at radius 2 is 1.96 bits per heavy atom. The van der Waals surface area contributed by atoms with E-state index in [0.717, 1.165) is 23.9 Å². The van der Waals surface area contributed by atoms with Gasteiger partial charge in [0.15, 0.2) is 14.6 Å². The SMILES string of the molecule is CCNC(=O)N1CCc2ccc(NC(=O)C3(S(C)(=O)=O)CCNCC3)cc21. The lowest BCUT2D eigenvalue weighted by Crippen LogP contribution is -2.55. The third kappa shape index (κ3) is 3.66. The van der Waals surface area contributed by atoms with Crippen molar-refractivity contribution in [1.29, 1.82) is 0 Å². The van der Waals surface area contributed by atoms with Crippen LogP contribution in [0.25, 0.3) is 0 Å². The first-order valence-corrected chi connectivity index (χ1v) is 11.1. The highest BCUT2D eigenvalue weighted by atomic mass is 32.2. The molecule has 0 radical (unpaired) electrons. The molecular formula is C18H26N4O4S. The number of amides is 3. The van der Waals surface area contributed by atoms with E-state index in [1.54, 1.807) is 17.0 Å². The Hall–Kier alpha value is -2.13. The topological polar surface area (TPSA) is 108 Å². The second kappa shape index (κ2) is 7.47. The molecule has 3 N–H and O–H groups in total. The summed E-state index contributed by atoms with van der Waals surface area (Å²) in [7, 11) is -3.58. The van der Waals surface area contributed by atoms with Crippen molar-refractivity contribution in [2.24, 2.45) is 0 Å². The molecule has 9 heteroatoms. The van der Waals surface area contributed by atoms with Crippen molar-refractivity contribution >= 4 is 33.2 Å². The number of rotatable bonds is 4. The molecule has 1 aromatic carbocycles. The molecule has 8 nitrogen and oxygen atoms in total. The first-order chi connectivity index (χ1) is 12.8. The monoisotopic (exact) mass is 394 g/mol. The summed E-state index contributed by atoms with van der Waals surface area (Å²) in [5, 5.41) is 8.65. The van der Waals surface area contributed by atoms with E-state index in [-0.39, 0.29) is 18.9 Å². The van der Waals surface area contributed by atoms with E-state index < -0.39 is 20.5 Å². The minimum atomic E-state index is -3.58. The minimum absolute atomic E-state index is 0.175. The molecule has 2 aliphatic rings. The first-order valence-electron chi connectivity index (χ1n) is 9.18. The van der Waals surface area contributed by atoms with E-state index in [1.165, 1.54) is 0 Å². The van der Waals surface area contributed by atoms with Crippen LogP contribution in [-0.2, 0) is 21.1 Å². The van der Waals surface area contributed by atoms with Crippen LogP contribution < -0.4 is 20.9 Å². The Bertz CT molecular complexity index is 847. The molecule has 0 saturated carbocycles. The van der Waals surface area contributed by atoms with Crippen LogP contribution in [0.15, 0.2) is 18.2 Å². The summed E-state index contributed by atoms with van der Waals surface area (Å²) in [6.07, 6.45) is 2.36. The Kier molecular flexibility index (Phi) is 5.43. The van der Waals surface area contributed by atoms with Gasteiger partial charge >= 0.3 is 6.03 Å². The number of piperidine rings is 1. The molecule has 1 aromatic rings. The quantitative estimate of drug-likeness (QED) is 0.703. The minimum Gasteiger partial charge on any atom is -0.338 e. The van der Waals surface area contributed by atoms with Crippen molar-refractivity contribution in [3.63, 3.8) is 0 Å². The molecule has 3 rings (SSSR count). The number of hydrogen-bond donors (Lipinski definition) is 3. The van der Waals surface area contributed by atoms with Gasteiger partial charge < -0.3 is 16.0 Å². The fourth-order valence-corrected chi connectivity index (χ4v) is 5.09. The second-order valence-electron chi connectivity index (χ2n) is 7.05. The fraction of sp³-hybridized carbons (Fsp3) is 0.556. The molecule has 2 aliphatic heterocycles. The number of carbonyl (C=O) groups excluding carboxylic acids is 2. The van der Waals surface area contributed by atoms with E-state index >= 15 is 0 Å². The molecular weight excluding hydrogens is 368 g/mol. The molecule has 0 atom stereocenters. The van der Waals surface area contributed by atoms with E-state index in [9.17, 15) is 18.0 Å². The summed E-state index contributed by atoms with van der Waals surface area (Å²) < 4.78 is 23.4. The summed E-state index contributed by atoms with van der Waals surface area (Å²) in [6.45, 7) is 3.93. The van der Waals surface area contributed by atoms with Crippen LogP contribution >= 0.6 is 0 Å². The van der Waals surface area contributed by atoms with E-state index in [1.807, 2.05) is 13.0 Å². The highest BCUT2D eigenvalue weighted by Gasteiger charge is 2.48. The van der Waals surface area contributed by atoms with Crippen molar-refractivity contribution in [3.05, 3.63) is 23.8 Å².